The van der Waals surface area contributed by atoms with Gasteiger partial charge >= 0.3 is 0 Å². The molecular formula is C21H23FN2O2. The number of hydrogen-bond donors (Lipinski definition) is 3. The van der Waals surface area contributed by atoms with Crippen LogP contribution in [0.4, 0.5) is 4.39 Å². The van der Waals surface area contributed by atoms with E-state index in [0.29, 0.717) is 12.0 Å². The number of para-hydroxylation sites is 1. The SMILES string of the molecule is C[C@](O)(CNC(=O)CCCc1c[nH]c2ccccc12)c1ccc(F)cc1. The Morgan fingerprint density at radius 3 is 2.69 bits per heavy atom. The van der Waals surface area contributed by atoms with Gasteiger partial charge in [-0.2, -0.15) is 0 Å². The number of carbonyl (C=O) groups is 1. The van der Waals surface area contributed by atoms with Gasteiger partial charge in [0.25, 0.3) is 0 Å². The molecule has 0 aliphatic heterocycles. The van der Waals surface area contributed by atoms with Gasteiger partial charge in [-0.3, -0.25) is 4.79 Å². The topological polar surface area (TPSA) is 65.1 Å². The Hall–Kier alpha value is -2.66. The van der Waals surface area contributed by atoms with E-state index in [2.05, 4.69) is 16.4 Å². The molecular weight excluding hydrogens is 331 g/mol. The Balaban J connectivity index is 1.47. The summed E-state index contributed by atoms with van der Waals surface area (Å²) in [4.78, 5) is 15.3. The highest BCUT2D eigenvalue weighted by molar-refractivity contribution is 5.83. The molecule has 0 fully saturated rings. The van der Waals surface area contributed by atoms with Crippen molar-refractivity contribution in [2.45, 2.75) is 31.8 Å². The third-order valence-electron chi connectivity index (χ3n) is 4.62. The van der Waals surface area contributed by atoms with Gasteiger partial charge in [-0.15, -0.1) is 0 Å². The van der Waals surface area contributed by atoms with Crippen molar-refractivity contribution in [2.24, 2.45) is 0 Å². The summed E-state index contributed by atoms with van der Waals surface area (Å²) in [6, 6.07) is 13.7. The molecule has 3 aromatic rings. The molecule has 4 nitrogen and oxygen atoms in total. The molecule has 136 valence electrons. The van der Waals surface area contributed by atoms with Crippen LogP contribution in [0, 0.1) is 5.82 Å². The number of aliphatic hydroxyl groups is 1. The fourth-order valence-electron chi connectivity index (χ4n) is 3.05. The van der Waals surface area contributed by atoms with Crippen LogP contribution in [0.2, 0.25) is 0 Å². The van der Waals surface area contributed by atoms with E-state index in [1.807, 2.05) is 24.4 Å². The number of H-pyrrole nitrogens is 1. The van der Waals surface area contributed by atoms with E-state index in [-0.39, 0.29) is 18.3 Å². The zero-order valence-electron chi connectivity index (χ0n) is 14.8. The van der Waals surface area contributed by atoms with Gasteiger partial charge in [0.1, 0.15) is 11.4 Å². The third-order valence-corrected chi connectivity index (χ3v) is 4.62. The molecule has 0 radical (unpaired) electrons. The highest BCUT2D eigenvalue weighted by Gasteiger charge is 2.23. The predicted octanol–water partition coefficient (Wildman–Crippen LogP) is 3.65. The number of fused-ring (bicyclic) bond motifs is 1. The summed E-state index contributed by atoms with van der Waals surface area (Å²) >= 11 is 0. The first-order valence-corrected chi connectivity index (χ1v) is 8.76. The molecule has 0 aliphatic rings. The van der Waals surface area contributed by atoms with Gasteiger partial charge in [0, 0.05) is 23.5 Å². The van der Waals surface area contributed by atoms with Crippen molar-refractivity contribution in [3.05, 3.63) is 71.7 Å². The van der Waals surface area contributed by atoms with Gasteiger partial charge in [0.05, 0.1) is 6.54 Å². The average molecular weight is 354 g/mol. The molecule has 2 aromatic carbocycles. The van der Waals surface area contributed by atoms with Crippen LogP contribution in [-0.2, 0) is 16.8 Å². The highest BCUT2D eigenvalue weighted by Crippen LogP contribution is 2.21. The fourth-order valence-corrected chi connectivity index (χ4v) is 3.05. The molecule has 1 aromatic heterocycles. The Kier molecular flexibility index (Phi) is 5.38. The van der Waals surface area contributed by atoms with Crippen molar-refractivity contribution in [1.82, 2.24) is 10.3 Å². The van der Waals surface area contributed by atoms with Crippen molar-refractivity contribution in [3.8, 4) is 0 Å². The third kappa shape index (κ3) is 4.29. The van der Waals surface area contributed by atoms with Gasteiger partial charge < -0.3 is 15.4 Å². The van der Waals surface area contributed by atoms with Crippen LogP contribution >= 0.6 is 0 Å². The van der Waals surface area contributed by atoms with E-state index in [1.54, 1.807) is 6.92 Å². The van der Waals surface area contributed by atoms with E-state index >= 15 is 0 Å². The predicted molar refractivity (Wildman–Crippen MR) is 100 cm³/mol. The lowest BCUT2D eigenvalue weighted by atomic mass is 9.96. The number of hydrogen-bond acceptors (Lipinski definition) is 2. The number of aryl methyl sites for hydroxylation is 1. The first-order valence-electron chi connectivity index (χ1n) is 8.76. The Bertz CT molecular complexity index is 884. The lowest BCUT2D eigenvalue weighted by molar-refractivity contribution is -0.122. The summed E-state index contributed by atoms with van der Waals surface area (Å²) in [5.74, 6) is -0.460. The molecule has 0 aliphatic carbocycles. The number of halogens is 1. The average Bonchev–Trinajstić information content (AvgIpc) is 3.04. The summed E-state index contributed by atoms with van der Waals surface area (Å²) in [7, 11) is 0. The summed E-state index contributed by atoms with van der Waals surface area (Å²) in [6.07, 6.45) is 3.92. The van der Waals surface area contributed by atoms with Crippen LogP contribution in [0.15, 0.2) is 54.7 Å². The van der Waals surface area contributed by atoms with Crippen molar-refractivity contribution < 1.29 is 14.3 Å². The summed E-state index contributed by atoms with van der Waals surface area (Å²) < 4.78 is 13.0. The summed E-state index contributed by atoms with van der Waals surface area (Å²) in [5, 5.41) is 14.4. The second kappa shape index (κ2) is 7.70. The summed E-state index contributed by atoms with van der Waals surface area (Å²) in [6.45, 7) is 1.69. The van der Waals surface area contributed by atoms with Crippen molar-refractivity contribution in [3.63, 3.8) is 0 Å². The van der Waals surface area contributed by atoms with Gasteiger partial charge in [-0.25, -0.2) is 4.39 Å². The molecule has 1 atom stereocenters. The number of benzene rings is 2. The lowest BCUT2D eigenvalue weighted by Gasteiger charge is -2.24. The number of aromatic nitrogens is 1. The quantitative estimate of drug-likeness (QED) is 0.606. The molecule has 1 amide bonds. The van der Waals surface area contributed by atoms with E-state index < -0.39 is 5.60 Å². The van der Waals surface area contributed by atoms with Crippen LogP contribution in [0.1, 0.15) is 30.9 Å². The number of rotatable bonds is 7. The minimum absolute atomic E-state index is 0.0878. The number of amides is 1. The number of aromatic amines is 1. The molecule has 1 heterocycles. The molecule has 0 unspecified atom stereocenters. The van der Waals surface area contributed by atoms with Gasteiger partial charge in [-0.1, -0.05) is 30.3 Å². The van der Waals surface area contributed by atoms with Crippen molar-refractivity contribution in [2.75, 3.05) is 6.54 Å². The van der Waals surface area contributed by atoms with E-state index in [0.717, 1.165) is 18.4 Å². The van der Waals surface area contributed by atoms with Crippen molar-refractivity contribution >= 4 is 16.8 Å². The Labute approximate surface area is 152 Å². The molecule has 3 rings (SSSR count). The van der Waals surface area contributed by atoms with E-state index in [1.165, 1.54) is 35.2 Å². The van der Waals surface area contributed by atoms with Crippen LogP contribution in [0.25, 0.3) is 10.9 Å². The number of carbonyl (C=O) groups excluding carboxylic acids is 1. The molecule has 26 heavy (non-hydrogen) atoms. The van der Waals surface area contributed by atoms with Crippen LogP contribution in [0.5, 0.6) is 0 Å². The maximum atomic E-state index is 13.0. The summed E-state index contributed by atoms with van der Waals surface area (Å²) in [5.41, 5.74) is 1.63. The van der Waals surface area contributed by atoms with Gasteiger partial charge in [0.2, 0.25) is 5.91 Å². The minimum Gasteiger partial charge on any atom is -0.384 e. The Morgan fingerprint density at radius 1 is 1.19 bits per heavy atom. The molecule has 0 bridgehead atoms. The molecule has 0 saturated carbocycles. The molecule has 5 heteroatoms. The second-order valence-corrected chi connectivity index (χ2v) is 6.77. The first-order chi connectivity index (χ1) is 12.5. The van der Waals surface area contributed by atoms with Gasteiger partial charge in [-0.05, 0) is 49.1 Å². The van der Waals surface area contributed by atoms with Crippen LogP contribution in [-0.4, -0.2) is 22.5 Å². The minimum atomic E-state index is -1.24. The maximum Gasteiger partial charge on any atom is 0.220 e. The highest BCUT2D eigenvalue weighted by atomic mass is 19.1. The second-order valence-electron chi connectivity index (χ2n) is 6.77. The maximum absolute atomic E-state index is 13.0. The van der Waals surface area contributed by atoms with Crippen molar-refractivity contribution in [1.29, 1.82) is 0 Å². The zero-order chi connectivity index (χ0) is 18.6. The van der Waals surface area contributed by atoms with E-state index in [9.17, 15) is 14.3 Å². The lowest BCUT2D eigenvalue weighted by Crippen LogP contribution is -2.38. The standard InChI is InChI=1S/C21H23FN2O2/c1-21(26,16-9-11-17(22)12-10-16)14-24-20(25)8-4-5-15-13-23-19-7-3-2-6-18(15)19/h2-3,6-7,9-13,23,26H,4-5,8,14H2,1H3,(H,24,25)/t21-/m0/s1. The van der Waals surface area contributed by atoms with Crippen LogP contribution in [0.3, 0.4) is 0 Å². The monoisotopic (exact) mass is 354 g/mol. The largest absolute Gasteiger partial charge is 0.384 e. The fraction of sp³-hybridized carbons (Fsp3) is 0.286. The smallest absolute Gasteiger partial charge is 0.220 e. The van der Waals surface area contributed by atoms with E-state index in [4.69, 9.17) is 0 Å². The normalized spacial score (nSPS) is 13.5. The van der Waals surface area contributed by atoms with Crippen LogP contribution < -0.4 is 5.32 Å². The molecule has 0 saturated heterocycles. The Morgan fingerprint density at radius 2 is 1.92 bits per heavy atom. The zero-order valence-corrected chi connectivity index (χ0v) is 14.8. The first kappa shape index (κ1) is 18.1. The molecule has 0 spiro atoms. The van der Waals surface area contributed by atoms with Gasteiger partial charge in [0.15, 0.2) is 0 Å². The number of nitrogens with one attached hydrogen (secondary N) is 2. The molecule has 3 N–H and O–H groups in total.